The van der Waals surface area contributed by atoms with Gasteiger partial charge in [0, 0.05) is 33.8 Å². The van der Waals surface area contributed by atoms with Gasteiger partial charge in [0.25, 0.3) is 0 Å². The summed E-state index contributed by atoms with van der Waals surface area (Å²) in [6, 6.07) is 22.4. The van der Waals surface area contributed by atoms with Gasteiger partial charge in [0.2, 0.25) is 0 Å². The van der Waals surface area contributed by atoms with Gasteiger partial charge >= 0.3 is 12.1 Å². The lowest BCUT2D eigenvalue weighted by molar-refractivity contribution is -0.137. The van der Waals surface area contributed by atoms with Gasteiger partial charge in [-0.2, -0.15) is 13.2 Å². The third-order valence-electron chi connectivity index (χ3n) is 6.26. The van der Waals surface area contributed by atoms with E-state index in [2.05, 4.69) is 5.32 Å². The van der Waals surface area contributed by atoms with Crippen molar-refractivity contribution < 1.29 is 27.4 Å². The molecular weight excluding hydrogens is 457 g/mol. The molecule has 0 saturated carbocycles. The maximum absolute atomic E-state index is 13.3. The van der Waals surface area contributed by atoms with Crippen molar-refractivity contribution >= 4 is 23.0 Å². The largest absolute Gasteiger partial charge is 0.456 e. The molecule has 1 spiro atoms. The highest BCUT2D eigenvalue weighted by atomic mass is 19.4. The molecule has 6 rings (SSSR count). The Hall–Kier alpha value is -4.46. The van der Waals surface area contributed by atoms with Crippen molar-refractivity contribution in [2.45, 2.75) is 11.8 Å². The monoisotopic (exact) mass is 474 g/mol. The fraction of sp³-hybridized carbons (Fsp3) is 0.0741. The number of hydrogen-bond acceptors (Lipinski definition) is 5. The van der Waals surface area contributed by atoms with Gasteiger partial charge < -0.3 is 20.5 Å². The van der Waals surface area contributed by atoms with Crippen LogP contribution >= 0.6 is 0 Å². The number of hydrogen-bond donors (Lipinski definition) is 2. The number of fused-ring (bicyclic) bond motifs is 6. The fourth-order valence-electron chi connectivity index (χ4n) is 4.81. The number of rotatable bonds is 2. The Morgan fingerprint density at radius 3 is 2.14 bits per heavy atom. The molecule has 2 aliphatic rings. The van der Waals surface area contributed by atoms with Crippen molar-refractivity contribution in [1.29, 1.82) is 0 Å². The molecule has 2 aliphatic heterocycles. The number of para-hydroxylation sites is 2. The van der Waals surface area contributed by atoms with Crippen molar-refractivity contribution in [1.82, 2.24) is 0 Å². The average Bonchev–Trinajstić information content (AvgIpc) is 3.15. The lowest BCUT2D eigenvalue weighted by atomic mass is 9.76. The summed E-state index contributed by atoms with van der Waals surface area (Å²) in [5.41, 5.74) is 6.59. The van der Waals surface area contributed by atoms with E-state index in [9.17, 15) is 18.0 Å². The molecule has 0 atom stereocenters. The molecule has 174 valence electrons. The van der Waals surface area contributed by atoms with Gasteiger partial charge in [0.15, 0.2) is 5.60 Å². The predicted molar refractivity (Wildman–Crippen MR) is 124 cm³/mol. The van der Waals surface area contributed by atoms with Crippen molar-refractivity contribution in [3.8, 4) is 11.5 Å². The Bertz CT molecular complexity index is 1470. The first kappa shape index (κ1) is 21.1. The molecule has 4 aromatic carbocycles. The first-order chi connectivity index (χ1) is 16.8. The highest BCUT2D eigenvalue weighted by Crippen LogP contribution is 2.58. The van der Waals surface area contributed by atoms with E-state index >= 15 is 0 Å². The molecule has 4 aromatic rings. The molecule has 0 radical (unpaired) electrons. The van der Waals surface area contributed by atoms with Gasteiger partial charge in [0.05, 0.1) is 11.1 Å². The summed E-state index contributed by atoms with van der Waals surface area (Å²) >= 11 is 0. The van der Waals surface area contributed by atoms with E-state index in [-0.39, 0.29) is 16.9 Å². The van der Waals surface area contributed by atoms with Gasteiger partial charge in [-0.15, -0.1) is 0 Å². The van der Waals surface area contributed by atoms with Crippen LogP contribution in [0.3, 0.4) is 0 Å². The standard InChI is InChI=1S/C27H17F3N2O3/c28-27(29,30)15-6-5-7-16(14-15)32-20-13-12-19(31)23-24(20)26(35-25(23)33)17-8-1-3-10-21(17)34-22-11-4-2-9-18(22)26/h1-14,32H,31H2. The molecule has 0 unspecified atom stereocenters. The van der Waals surface area contributed by atoms with Crippen LogP contribution in [0.4, 0.5) is 30.2 Å². The second kappa shape index (κ2) is 7.27. The summed E-state index contributed by atoms with van der Waals surface area (Å²) in [5.74, 6) is 0.371. The van der Waals surface area contributed by atoms with Gasteiger partial charge in [-0.1, -0.05) is 42.5 Å². The third kappa shape index (κ3) is 3.06. The van der Waals surface area contributed by atoms with Crippen LogP contribution in [-0.4, -0.2) is 5.97 Å². The van der Waals surface area contributed by atoms with Crippen molar-refractivity contribution in [2.75, 3.05) is 11.1 Å². The van der Waals surface area contributed by atoms with Gasteiger partial charge in [-0.05, 0) is 42.5 Å². The average molecular weight is 474 g/mol. The van der Waals surface area contributed by atoms with Gasteiger partial charge in [-0.3, -0.25) is 0 Å². The maximum atomic E-state index is 13.3. The minimum Gasteiger partial charge on any atom is -0.456 e. The summed E-state index contributed by atoms with van der Waals surface area (Å²) < 4.78 is 52.2. The van der Waals surface area contributed by atoms with Crippen molar-refractivity contribution in [3.63, 3.8) is 0 Å². The van der Waals surface area contributed by atoms with Crippen LogP contribution in [0.5, 0.6) is 11.5 Å². The lowest BCUT2D eigenvalue weighted by Gasteiger charge is -2.37. The zero-order chi connectivity index (χ0) is 24.4. The number of nitrogen functional groups attached to an aromatic ring is 1. The number of nitrogens with two attached hydrogens (primary N) is 1. The number of carbonyl (C=O) groups excluding carboxylic acids is 1. The summed E-state index contributed by atoms with van der Waals surface area (Å²) in [5, 5.41) is 3.07. The Balaban J connectivity index is 1.62. The molecule has 5 nitrogen and oxygen atoms in total. The van der Waals surface area contributed by atoms with E-state index in [0.29, 0.717) is 33.9 Å². The van der Waals surface area contributed by atoms with E-state index in [0.717, 1.165) is 12.1 Å². The minimum atomic E-state index is -4.50. The first-order valence-electron chi connectivity index (χ1n) is 10.8. The molecular formula is C27H17F3N2O3. The van der Waals surface area contributed by atoms with Crippen LogP contribution in [0, 0.1) is 0 Å². The number of carbonyl (C=O) groups is 1. The topological polar surface area (TPSA) is 73.6 Å². The van der Waals surface area contributed by atoms with Crippen molar-refractivity contribution in [2.24, 2.45) is 0 Å². The maximum Gasteiger partial charge on any atom is 0.416 e. The zero-order valence-corrected chi connectivity index (χ0v) is 18.0. The molecule has 35 heavy (non-hydrogen) atoms. The highest BCUT2D eigenvalue weighted by molar-refractivity contribution is 6.04. The smallest absolute Gasteiger partial charge is 0.416 e. The number of ether oxygens (including phenoxy) is 2. The molecule has 0 fully saturated rings. The molecule has 2 heterocycles. The summed E-state index contributed by atoms with van der Waals surface area (Å²) in [6.07, 6.45) is -4.50. The molecule has 0 aromatic heterocycles. The SMILES string of the molecule is Nc1ccc(Nc2cccc(C(F)(F)F)c2)c2c1C(=O)OC21c2ccccc2Oc2ccccc21. The summed E-state index contributed by atoms with van der Waals surface area (Å²) in [7, 11) is 0. The minimum absolute atomic E-state index is 0.161. The van der Waals surface area contributed by atoms with Gasteiger partial charge in [-0.25, -0.2) is 4.79 Å². The van der Waals surface area contributed by atoms with E-state index < -0.39 is 23.3 Å². The Morgan fingerprint density at radius 1 is 0.829 bits per heavy atom. The van der Waals surface area contributed by atoms with E-state index in [4.69, 9.17) is 15.2 Å². The molecule has 8 heteroatoms. The second-order valence-electron chi connectivity index (χ2n) is 8.32. The Kier molecular flexibility index (Phi) is 4.38. The molecule has 3 N–H and O–H groups in total. The highest BCUT2D eigenvalue weighted by Gasteiger charge is 2.55. The van der Waals surface area contributed by atoms with Gasteiger partial charge in [0.1, 0.15) is 11.5 Å². The van der Waals surface area contributed by atoms with E-state index in [1.54, 1.807) is 54.6 Å². The third-order valence-corrected chi connectivity index (χ3v) is 6.26. The van der Waals surface area contributed by atoms with Crippen LogP contribution < -0.4 is 15.8 Å². The quantitative estimate of drug-likeness (QED) is 0.253. The molecule has 0 bridgehead atoms. The molecule has 0 amide bonds. The number of anilines is 3. The van der Waals surface area contributed by atoms with Crippen LogP contribution in [0.2, 0.25) is 0 Å². The number of nitrogens with one attached hydrogen (secondary N) is 1. The van der Waals surface area contributed by atoms with Crippen LogP contribution in [0.15, 0.2) is 84.9 Å². The van der Waals surface area contributed by atoms with Crippen molar-refractivity contribution in [3.05, 3.63) is 113 Å². The zero-order valence-electron chi connectivity index (χ0n) is 18.0. The normalized spacial score (nSPS) is 15.0. The first-order valence-corrected chi connectivity index (χ1v) is 10.8. The molecule has 0 aliphatic carbocycles. The van der Waals surface area contributed by atoms with Crippen LogP contribution in [0.1, 0.15) is 32.6 Å². The van der Waals surface area contributed by atoms with E-state index in [1.807, 2.05) is 0 Å². The Labute approximate surface area is 197 Å². The van der Waals surface area contributed by atoms with E-state index in [1.165, 1.54) is 18.2 Å². The second-order valence-corrected chi connectivity index (χ2v) is 8.32. The number of alkyl halides is 3. The Morgan fingerprint density at radius 2 is 1.49 bits per heavy atom. The lowest BCUT2D eigenvalue weighted by Crippen LogP contribution is -2.33. The fourth-order valence-corrected chi connectivity index (χ4v) is 4.81. The predicted octanol–water partition coefficient (Wildman–Crippen LogP) is 6.60. The number of esters is 1. The number of benzene rings is 4. The summed E-state index contributed by atoms with van der Waals surface area (Å²) in [4.78, 5) is 13.3. The molecule has 0 saturated heterocycles. The van der Waals surface area contributed by atoms with Crippen LogP contribution in [0.25, 0.3) is 0 Å². The number of halogens is 3. The van der Waals surface area contributed by atoms with Crippen LogP contribution in [-0.2, 0) is 16.5 Å². The summed E-state index contributed by atoms with van der Waals surface area (Å²) in [6.45, 7) is 0.